The molecule has 166 valence electrons. The molecular weight excluding hydrogens is 390 g/mol. The van der Waals surface area contributed by atoms with E-state index in [0.717, 1.165) is 31.0 Å². The Morgan fingerprint density at radius 3 is 2.48 bits per heavy atom. The summed E-state index contributed by atoms with van der Waals surface area (Å²) in [6.07, 6.45) is 7.65. The minimum absolute atomic E-state index is 0.0464. The first-order valence-corrected chi connectivity index (χ1v) is 11.4. The number of allylic oxidation sites excluding steroid dienone is 2. The Morgan fingerprint density at radius 1 is 1.03 bits per heavy atom. The van der Waals surface area contributed by atoms with Gasteiger partial charge in [0.05, 0.1) is 19.3 Å². The molecule has 31 heavy (non-hydrogen) atoms. The molecule has 0 radical (unpaired) electrons. The van der Waals surface area contributed by atoms with Crippen LogP contribution in [0.5, 0.6) is 11.5 Å². The monoisotopic (exact) mass is 423 g/mol. The number of ether oxygens (including phenoxy) is 4. The molecule has 0 N–H and O–H groups in total. The highest BCUT2D eigenvalue weighted by atomic mass is 16.7. The van der Waals surface area contributed by atoms with E-state index < -0.39 is 0 Å². The van der Waals surface area contributed by atoms with Gasteiger partial charge in [-0.15, -0.1) is 0 Å². The van der Waals surface area contributed by atoms with Crippen molar-refractivity contribution in [3.63, 3.8) is 0 Å². The van der Waals surface area contributed by atoms with Crippen molar-refractivity contribution in [3.8, 4) is 11.5 Å². The van der Waals surface area contributed by atoms with E-state index in [1.54, 1.807) is 0 Å². The molecule has 1 saturated heterocycles. The summed E-state index contributed by atoms with van der Waals surface area (Å²) in [5.41, 5.74) is 6.69. The van der Waals surface area contributed by atoms with Gasteiger partial charge in [0.25, 0.3) is 0 Å². The lowest BCUT2D eigenvalue weighted by Crippen LogP contribution is -2.51. The molecule has 0 spiro atoms. The molecular formula is C26H33NO4. The fraction of sp³-hybridized carbons (Fsp3) is 0.538. The zero-order valence-corrected chi connectivity index (χ0v) is 19.0. The third kappa shape index (κ3) is 3.95. The molecule has 5 nitrogen and oxygen atoms in total. The van der Waals surface area contributed by atoms with Crippen LogP contribution in [0.3, 0.4) is 0 Å². The summed E-state index contributed by atoms with van der Waals surface area (Å²) < 4.78 is 24.4. The molecule has 1 aromatic rings. The number of nitrogens with zero attached hydrogens (tertiary/aromatic N) is 1. The van der Waals surface area contributed by atoms with E-state index in [-0.39, 0.29) is 18.1 Å². The maximum Gasteiger partial charge on any atom is 0.231 e. The van der Waals surface area contributed by atoms with Gasteiger partial charge in [-0.1, -0.05) is 34.9 Å². The standard InChI is InChI=1S/C26H33NO4/c1-16(2)6-9-28-23-11-18-5-8-27-14-19-12-21-22(31-15-30-21)13-20(19)24(25(18)27)26(23)29-10-7-17(3)4/h6-7,11-13,23-26H,5,8-10,14-15H2,1-4H3/t23-,24-,25+,26+/m0/s1. The topological polar surface area (TPSA) is 40.2 Å². The van der Waals surface area contributed by atoms with Crippen molar-refractivity contribution in [2.75, 3.05) is 26.6 Å². The van der Waals surface area contributed by atoms with Crippen LogP contribution in [-0.2, 0) is 16.0 Å². The van der Waals surface area contributed by atoms with Crippen LogP contribution in [0.4, 0.5) is 0 Å². The van der Waals surface area contributed by atoms with E-state index in [2.05, 4.69) is 63.0 Å². The maximum absolute atomic E-state index is 6.57. The summed E-state index contributed by atoms with van der Waals surface area (Å²) in [6.45, 7) is 12.0. The molecule has 3 heterocycles. The highest BCUT2D eigenvalue weighted by Crippen LogP contribution is 2.50. The average molecular weight is 424 g/mol. The Bertz CT molecular complexity index is 939. The van der Waals surface area contributed by atoms with Crippen LogP contribution in [0.1, 0.15) is 51.2 Å². The van der Waals surface area contributed by atoms with E-state index in [4.69, 9.17) is 18.9 Å². The van der Waals surface area contributed by atoms with Gasteiger partial charge >= 0.3 is 0 Å². The smallest absolute Gasteiger partial charge is 0.231 e. The first kappa shape index (κ1) is 20.8. The van der Waals surface area contributed by atoms with Gasteiger partial charge in [0.2, 0.25) is 6.79 Å². The molecule has 4 aliphatic rings. The van der Waals surface area contributed by atoms with Gasteiger partial charge in [-0.3, -0.25) is 4.90 Å². The molecule has 4 atom stereocenters. The van der Waals surface area contributed by atoms with Crippen LogP contribution >= 0.6 is 0 Å². The van der Waals surface area contributed by atoms with Gasteiger partial charge in [-0.25, -0.2) is 0 Å². The number of hydrogen-bond acceptors (Lipinski definition) is 5. The predicted octanol–water partition coefficient (Wildman–Crippen LogP) is 4.73. The Hall–Kier alpha value is -2.08. The predicted molar refractivity (Wildman–Crippen MR) is 121 cm³/mol. The van der Waals surface area contributed by atoms with Crippen molar-refractivity contribution in [1.82, 2.24) is 4.90 Å². The third-order valence-electron chi connectivity index (χ3n) is 6.78. The molecule has 1 fully saturated rings. The zero-order valence-electron chi connectivity index (χ0n) is 19.0. The van der Waals surface area contributed by atoms with Crippen molar-refractivity contribution < 1.29 is 18.9 Å². The van der Waals surface area contributed by atoms with E-state index >= 15 is 0 Å². The Labute approximate surface area is 185 Å². The molecule has 5 rings (SSSR count). The van der Waals surface area contributed by atoms with E-state index in [1.807, 2.05) is 0 Å². The van der Waals surface area contributed by atoms with Crippen molar-refractivity contribution in [2.45, 2.75) is 64.8 Å². The first-order valence-electron chi connectivity index (χ1n) is 11.4. The quantitative estimate of drug-likeness (QED) is 0.619. The Balaban J connectivity index is 1.53. The molecule has 3 aliphatic heterocycles. The highest BCUT2D eigenvalue weighted by Gasteiger charge is 2.50. The van der Waals surface area contributed by atoms with Crippen molar-refractivity contribution in [3.05, 3.63) is 58.2 Å². The number of benzene rings is 1. The molecule has 1 aromatic carbocycles. The van der Waals surface area contributed by atoms with E-state index in [0.29, 0.717) is 26.0 Å². The lowest BCUT2D eigenvalue weighted by atomic mass is 9.73. The van der Waals surface area contributed by atoms with E-state index in [9.17, 15) is 0 Å². The Morgan fingerprint density at radius 2 is 1.74 bits per heavy atom. The van der Waals surface area contributed by atoms with Crippen LogP contribution in [0.25, 0.3) is 0 Å². The van der Waals surface area contributed by atoms with Crippen LogP contribution in [0.15, 0.2) is 47.1 Å². The second-order valence-corrected chi connectivity index (χ2v) is 9.50. The Kier molecular flexibility index (Phi) is 5.67. The summed E-state index contributed by atoms with van der Waals surface area (Å²) in [6, 6.07) is 4.76. The van der Waals surface area contributed by atoms with Crippen molar-refractivity contribution in [2.24, 2.45) is 0 Å². The fourth-order valence-corrected chi connectivity index (χ4v) is 5.31. The number of fused-ring (bicyclic) bond motifs is 3. The van der Waals surface area contributed by atoms with Gasteiger partial charge in [0, 0.05) is 25.0 Å². The van der Waals surface area contributed by atoms with Crippen LogP contribution in [-0.4, -0.2) is 49.7 Å². The van der Waals surface area contributed by atoms with Crippen LogP contribution in [0.2, 0.25) is 0 Å². The molecule has 0 amide bonds. The van der Waals surface area contributed by atoms with Gasteiger partial charge in [-0.05, 0) is 57.4 Å². The molecule has 0 bridgehead atoms. The van der Waals surface area contributed by atoms with Crippen molar-refractivity contribution >= 4 is 0 Å². The summed E-state index contributed by atoms with van der Waals surface area (Å²) >= 11 is 0. The maximum atomic E-state index is 6.57. The molecule has 0 saturated carbocycles. The van der Waals surface area contributed by atoms with Gasteiger partial charge in [-0.2, -0.15) is 0 Å². The first-order chi connectivity index (χ1) is 15.0. The van der Waals surface area contributed by atoms with Crippen LogP contribution in [0, 0.1) is 0 Å². The normalized spacial score (nSPS) is 27.9. The number of rotatable bonds is 6. The van der Waals surface area contributed by atoms with E-state index in [1.165, 1.54) is 27.8 Å². The second kappa shape index (κ2) is 8.45. The summed E-state index contributed by atoms with van der Waals surface area (Å²) in [4.78, 5) is 2.60. The third-order valence-corrected chi connectivity index (χ3v) is 6.78. The zero-order chi connectivity index (χ0) is 21.5. The lowest BCUT2D eigenvalue weighted by molar-refractivity contribution is -0.0675. The lowest BCUT2D eigenvalue weighted by Gasteiger charge is -2.46. The highest BCUT2D eigenvalue weighted by molar-refractivity contribution is 5.53. The van der Waals surface area contributed by atoms with Crippen molar-refractivity contribution in [1.29, 1.82) is 0 Å². The second-order valence-electron chi connectivity index (χ2n) is 9.50. The molecule has 1 aliphatic carbocycles. The SMILES string of the molecule is CC(C)=CCO[C@H]1[C@H]2c3cc4c(cc3CN3CCC(=C[C@@H]1OCC=C(C)C)[C@H]23)OCO4. The average Bonchev–Trinajstić information content (AvgIpc) is 3.34. The van der Waals surface area contributed by atoms with Crippen LogP contribution < -0.4 is 9.47 Å². The molecule has 0 unspecified atom stereocenters. The van der Waals surface area contributed by atoms with Gasteiger partial charge in [0.15, 0.2) is 11.5 Å². The minimum atomic E-state index is -0.0614. The minimum Gasteiger partial charge on any atom is -0.454 e. The summed E-state index contributed by atoms with van der Waals surface area (Å²) in [5.74, 6) is 1.94. The van der Waals surface area contributed by atoms with Gasteiger partial charge < -0.3 is 18.9 Å². The fourth-order valence-electron chi connectivity index (χ4n) is 5.31. The summed E-state index contributed by atoms with van der Waals surface area (Å²) in [7, 11) is 0. The molecule has 0 aromatic heterocycles. The van der Waals surface area contributed by atoms with Gasteiger partial charge in [0.1, 0.15) is 6.10 Å². The molecule has 5 heteroatoms. The summed E-state index contributed by atoms with van der Waals surface area (Å²) in [5, 5.41) is 0. The number of hydrogen-bond donors (Lipinski definition) is 0. The largest absolute Gasteiger partial charge is 0.454 e.